The molecule has 0 fully saturated rings. The standard InChI is InChI=1S/C19H20FN3O2S/c1-15-13-21-19(23(15)14-16-6-3-2-4-7-16)10-11-22-26(24,25)18-9-5-8-17(20)12-18/h2-9,12-13,22H,10-11,14H2,1H3. The van der Waals surface area contributed by atoms with Gasteiger partial charge in [0.05, 0.1) is 4.90 Å². The molecule has 0 spiro atoms. The number of benzene rings is 2. The zero-order chi connectivity index (χ0) is 18.6. The van der Waals surface area contributed by atoms with Crippen LogP contribution in [0.1, 0.15) is 17.1 Å². The molecular weight excluding hydrogens is 353 g/mol. The number of sulfonamides is 1. The molecule has 3 rings (SSSR count). The van der Waals surface area contributed by atoms with Crippen LogP contribution in [-0.4, -0.2) is 24.5 Å². The van der Waals surface area contributed by atoms with Crippen molar-refractivity contribution in [3.8, 4) is 0 Å². The van der Waals surface area contributed by atoms with E-state index in [1.807, 2.05) is 37.3 Å². The van der Waals surface area contributed by atoms with E-state index >= 15 is 0 Å². The number of hydrogen-bond donors (Lipinski definition) is 1. The van der Waals surface area contributed by atoms with E-state index in [2.05, 4.69) is 14.3 Å². The third-order valence-electron chi connectivity index (χ3n) is 4.07. The molecule has 0 amide bonds. The zero-order valence-electron chi connectivity index (χ0n) is 14.4. The molecule has 7 heteroatoms. The third-order valence-corrected chi connectivity index (χ3v) is 5.53. The van der Waals surface area contributed by atoms with E-state index in [1.165, 1.54) is 18.2 Å². The molecule has 0 unspecified atom stereocenters. The molecule has 0 aliphatic carbocycles. The monoisotopic (exact) mass is 373 g/mol. The average molecular weight is 373 g/mol. The van der Waals surface area contributed by atoms with Crippen molar-refractivity contribution in [2.75, 3.05) is 6.54 Å². The van der Waals surface area contributed by atoms with Crippen molar-refractivity contribution in [3.63, 3.8) is 0 Å². The van der Waals surface area contributed by atoms with Gasteiger partial charge in [-0.2, -0.15) is 0 Å². The van der Waals surface area contributed by atoms with Gasteiger partial charge in [-0.3, -0.25) is 0 Å². The first-order chi connectivity index (χ1) is 12.5. The molecule has 1 N–H and O–H groups in total. The molecule has 1 aromatic heterocycles. The minimum absolute atomic E-state index is 0.0821. The summed E-state index contributed by atoms with van der Waals surface area (Å²) in [6, 6.07) is 15.0. The lowest BCUT2D eigenvalue weighted by molar-refractivity contribution is 0.575. The maximum Gasteiger partial charge on any atom is 0.240 e. The van der Waals surface area contributed by atoms with Gasteiger partial charge in [0.1, 0.15) is 11.6 Å². The minimum Gasteiger partial charge on any atom is -0.328 e. The van der Waals surface area contributed by atoms with Gasteiger partial charge in [-0.25, -0.2) is 22.5 Å². The van der Waals surface area contributed by atoms with Gasteiger partial charge in [0, 0.05) is 31.4 Å². The summed E-state index contributed by atoms with van der Waals surface area (Å²) in [6.07, 6.45) is 2.22. The van der Waals surface area contributed by atoms with E-state index in [0.717, 1.165) is 23.1 Å². The van der Waals surface area contributed by atoms with Crippen LogP contribution in [0.15, 0.2) is 65.7 Å². The summed E-state index contributed by atoms with van der Waals surface area (Å²) in [7, 11) is -3.74. The number of imidazole rings is 1. The van der Waals surface area contributed by atoms with E-state index in [1.54, 1.807) is 6.20 Å². The summed E-state index contributed by atoms with van der Waals surface area (Å²) in [6.45, 7) is 2.83. The number of nitrogens with zero attached hydrogens (tertiary/aromatic N) is 2. The Morgan fingerprint density at radius 2 is 1.88 bits per heavy atom. The van der Waals surface area contributed by atoms with Gasteiger partial charge < -0.3 is 4.57 Å². The second kappa shape index (κ2) is 7.80. The third kappa shape index (κ3) is 4.36. The van der Waals surface area contributed by atoms with Crippen molar-refractivity contribution in [1.82, 2.24) is 14.3 Å². The van der Waals surface area contributed by atoms with Crippen LogP contribution in [0, 0.1) is 12.7 Å². The first-order valence-electron chi connectivity index (χ1n) is 8.26. The van der Waals surface area contributed by atoms with Crippen LogP contribution in [0.3, 0.4) is 0 Å². The first kappa shape index (κ1) is 18.3. The highest BCUT2D eigenvalue weighted by molar-refractivity contribution is 7.89. The largest absolute Gasteiger partial charge is 0.328 e. The number of nitrogens with one attached hydrogen (secondary N) is 1. The predicted octanol–water partition coefficient (Wildman–Crippen LogP) is 2.90. The lowest BCUT2D eigenvalue weighted by Crippen LogP contribution is -2.27. The summed E-state index contributed by atoms with van der Waals surface area (Å²) in [5, 5.41) is 0. The van der Waals surface area contributed by atoms with Crippen molar-refractivity contribution in [2.24, 2.45) is 0 Å². The highest BCUT2D eigenvalue weighted by Crippen LogP contribution is 2.12. The lowest BCUT2D eigenvalue weighted by Gasteiger charge is -2.11. The fraction of sp³-hybridized carbons (Fsp3) is 0.211. The molecule has 5 nitrogen and oxygen atoms in total. The molecular formula is C19H20FN3O2S. The number of halogens is 1. The van der Waals surface area contributed by atoms with Crippen LogP contribution in [0.25, 0.3) is 0 Å². The number of hydrogen-bond acceptors (Lipinski definition) is 3. The Bertz CT molecular complexity index is 985. The average Bonchev–Trinajstić information content (AvgIpc) is 2.96. The molecule has 0 saturated carbocycles. The molecule has 0 aliphatic rings. The van der Waals surface area contributed by atoms with Crippen LogP contribution < -0.4 is 4.72 Å². The van der Waals surface area contributed by atoms with Crippen LogP contribution in [0.2, 0.25) is 0 Å². The Hall–Kier alpha value is -2.51. The van der Waals surface area contributed by atoms with Crippen LogP contribution in [0.5, 0.6) is 0 Å². The Morgan fingerprint density at radius 3 is 2.62 bits per heavy atom. The van der Waals surface area contributed by atoms with Crippen molar-refractivity contribution in [2.45, 2.75) is 24.8 Å². The minimum atomic E-state index is -3.74. The van der Waals surface area contributed by atoms with E-state index in [0.29, 0.717) is 13.0 Å². The van der Waals surface area contributed by atoms with E-state index in [9.17, 15) is 12.8 Å². The van der Waals surface area contributed by atoms with E-state index < -0.39 is 15.8 Å². The summed E-state index contributed by atoms with van der Waals surface area (Å²) >= 11 is 0. The van der Waals surface area contributed by atoms with E-state index in [4.69, 9.17) is 0 Å². The van der Waals surface area contributed by atoms with Gasteiger partial charge in [-0.1, -0.05) is 36.4 Å². The molecule has 3 aromatic rings. The molecule has 0 aliphatic heterocycles. The Balaban J connectivity index is 1.67. The van der Waals surface area contributed by atoms with Crippen molar-refractivity contribution in [1.29, 1.82) is 0 Å². The van der Waals surface area contributed by atoms with Gasteiger partial charge in [0.25, 0.3) is 0 Å². The quantitative estimate of drug-likeness (QED) is 0.693. The highest BCUT2D eigenvalue weighted by Gasteiger charge is 2.15. The van der Waals surface area contributed by atoms with Crippen molar-refractivity contribution >= 4 is 10.0 Å². The maximum atomic E-state index is 13.2. The molecule has 136 valence electrons. The van der Waals surface area contributed by atoms with Crippen molar-refractivity contribution in [3.05, 3.63) is 83.7 Å². The first-order valence-corrected chi connectivity index (χ1v) is 9.74. The molecule has 0 radical (unpaired) electrons. The molecule has 2 aromatic carbocycles. The van der Waals surface area contributed by atoms with Gasteiger partial charge >= 0.3 is 0 Å². The number of rotatable bonds is 7. The topological polar surface area (TPSA) is 64.0 Å². The van der Waals surface area contributed by atoms with Crippen LogP contribution in [0.4, 0.5) is 4.39 Å². The van der Waals surface area contributed by atoms with Gasteiger partial charge in [0.2, 0.25) is 10.0 Å². The Morgan fingerprint density at radius 1 is 1.12 bits per heavy atom. The summed E-state index contributed by atoms with van der Waals surface area (Å²) in [4.78, 5) is 4.30. The number of aromatic nitrogens is 2. The number of aryl methyl sites for hydroxylation is 1. The Labute approximate surface area is 152 Å². The fourth-order valence-corrected chi connectivity index (χ4v) is 3.77. The SMILES string of the molecule is Cc1cnc(CCNS(=O)(=O)c2cccc(F)c2)n1Cc1ccccc1. The highest BCUT2D eigenvalue weighted by atomic mass is 32.2. The van der Waals surface area contributed by atoms with Gasteiger partial charge in [-0.15, -0.1) is 0 Å². The second-order valence-corrected chi connectivity index (χ2v) is 7.76. The summed E-state index contributed by atoms with van der Waals surface area (Å²) in [5.41, 5.74) is 2.16. The molecule has 0 bridgehead atoms. The normalized spacial score (nSPS) is 11.6. The summed E-state index contributed by atoms with van der Waals surface area (Å²) < 4.78 is 42.3. The lowest BCUT2D eigenvalue weighted by atomic mass is 10.2. The molecule has 0 saturated heterocycles. The Kier molecular flexibility index (Phi) is 5.49. The van der Waals surface area contributed by atoms with Crippen molar-refractivity contribution < 1.29 is 12.8 Å². The second-order valence-electron chi connectivity index (χ2n) is 5.99. The van der Waals surface area contributed by atoms with Gasteiger partial charge in [-0.05, 0) is 30.7 Å². The fourth-order valence-electron chi connectivity index (χ4n) is 2.71. The predicted molar refractivity (Wildman–Crippen MR) is 97.8 cm³/mol. The maximum absolute atomic E-state index is 13.2. The smallest absolute Gasteiger partial charge is 0.240 e. The summed E-state index contributed by atoms with van der Waals surface area (Å²) in [5.74, 6) is 0.218. The van der Waals surface area contributed by atoms with Crippen LogP contribution in [-0.2, 0) is 23.0 Å². The zero-order valence-corrected chi connectivity index (χ0v) is 15.2. The molecule has 26 heavy (non-hydrogen) atoms. The van der Waals surface area contributed by atoms with Crippen LogP contribution >= 0.6 is 0 Å². The molecule has 1 heterocycles. The van der Waals surface area contributed by atoms with E-state index in [-0.39, 0.29) is 11.4 Å². The molecule has 0 atom stereocenters. The van der Waals surface area contributed by atoms with Gasteiger partial charge in [0.15, 0.2) is 0 Å².